The van der Waals surface area contributed by atoms with Crippen LogP contribution < -0.4 is 10.6 Å². The Hall–Kier alpha value is -2.85. The Labute approximate surface area is 158 Å². The van der Waals surface area contributed by atoms with Crippen LogP contribution in [0.3, 0.4) is 0 Å². The summed E-state index contributed by atoms with van der Waals surface area (Å²) in [6.07, 6.45) is 3.24. The van der Waals surface area contributed by atoms with Gasteiger partial charge in [0.1, 0.15) is 0 Å². The maximum absolute atomic E-state index is 12.6. The molecule has 2 N–H and O–H groups in total. The Balaban J connectivity index is 1.71. The van der Waals surface area contributed by atoms with E-state index >= 15 is 0 Å². The summed E-state index contributed by atoms with van der Waals surface area (Å²) in [5.74, 6) is -0.187. The minimum atomic E-state index is -0.187. The normalized spacial score (nSPS) is 10.4. The van der Waals surface area contributed by atoms with Crippen LogP contribution in [0.1, 0.15) is 27.0 Å². The lowest BCUT2D eigenvalue weighted by Crippen LogP contribution is -2.13. The van der Waals surface area contributed by atoms with E-state index in [0.717, 1.165) is 28.1 Å². The summed E-state index contributed by atoms with van der Waals surface area (Å²) in [6.45, 7) is 4.52. The monoisotopic (exact) mass is 365 g/mol. The summed E-state index contributed by atoms with van der Waals surface area (Å²) in [4.78, 5) is 16.7. The molecule has 0 bridgehead atoms. The molecule has 1 aromatic heterocycles. The smallest absolute Gasteiger partial charge is 0.257 e. The van der Waals surface area contributed by atoms with Crippen molar-refractivity contribution in [2.24, 2.45) is 0 Å². The minimum Gasteiger partial charge on any atom is -0.380 e. The number of carbonyl (C=O) groups is 1. The van der Waals surface area contributed by atoms with Crippen LogP contribution in [0.15, 0.2) is 60.9 Å². The van der Waals surface area contributed by atoms with E-state index in [2.05, 4.69) is 15.6 Å². The fourth-order valence-electron chi connectivity index (χ4n) is 2.56. The van der Waals surface area contributed by atoms with Gasteiger partial charge in [0.05, 0.1) is 11.3 Å². The predicted molar refractivity (Wildman–Crippen MR) is 107 cm³/mol. The van der Waals surface area contributed by atoms with Crippen LogP contribution in [0.25, 0.3) is 0 Å². The van der Waals surface area contributed by atoms with Crippen LogP contribution in [0, 0.1) is 13.8 Å². The summed E-state index contributed by atoms with van der Waals surface area (Å²) in [6, 6.07) is 15.4. The van der Waals surface area contributed by atoms with Crippen molar-refractivity contribution in [2.45, 2.75) is 20.4 Å². The lowest BCUT2D eigenvalue weighted by molar-refractivity contribution is 0.102. The molecule has 0 aliphatic rings. The summed E-state index contributed by atoms with van der Waals surface area (Å²) in [7, 11) is 0. The van der Waals surface area contributed by atoms with Gasteiger partial charge in [0, 0.05) is 29.6 Å². The maximum atomic E-state index is 12.6. The van der Waals surface area contributed by atoms with E-state index in [1.165, 1.54) is 0 Å². The molecule has 5 heteroatoms. The number of nitrogens with one attached hydrogen (secondary N) is 2. The second-order valence-corrected chi connectivity index (χ2v) is 6.59. The summed E-state index contributed by atoms with van der Waals surface area (Å²) in [5, 5.41) is 6.91. The molecule has 1 heterocycles. The van der Waals surface area contributed by atoms with E-state index in [-0.39, 0.29) is 5.91 Å². The third-order valence-corrected chi connectivity index (χ3v) is 4.45. The fraction of sp³-hybridized carbons (Fsp3) is 0.143. The first kappa shape index (κ1) is 18.0. The number of hydrogen-bond acceptors (Lipinski definition) is 3. The highest BCUT2D eigenvalue weighted by molar-refractivity contribution is 6.31. The Morgan fingerprint density at radius 2 is 1.88 bits per heavy atom. The molecule has 26 heavy (non-hydrogen) atoms. The molecule has 0 radical (unpaired) electrons. The van der Waals surface area contributed by atoms with E-state index in [9.17, 15) is 4.79 Å². The first-order valence-corrected chi connectivity index (χ1v) is 8.71. The number of benzene rings is 2. The van der Waals surface area contributed by atoms with Gasteiger partial charge in [-0.15, -0.1) is 0 Å². The van der Waals surface area contributed by atoms with E-state index in [4.69, 9.17) is 11.6 Å². The Morgan fingerprint density at radius 3 is 2.69 bits per heavy atom. The Kier molecular flexibility index (Phi) is 5.54. The SMILES string of the molecule is Cc1ccc(C)c(NC(=O)c2cncc(NCc3ccccc3Cl)c2)c1. The van der Waals surface area contributed by atoms with Gasteiger partial charge in [-0.05, 0) is 48.7 Å². The van der Waals surface area contributed by atoms with Crippen molar-refractivity contribution in [3.63, 3.8) is 0 Å². The van der Waals surface area contributed by atoms with Crippen molar-refractivity contribution in [1.29, 1.82) is 0 Å². The third kappa shape index (κ3) is 4.41. The standard InChI is InChI=1S/C21H20ClN3O/c1-14-7-8-15(2)20(9-14)25-21(26)17-10-18(13-23-11-17)24-12-16-5-3-4-6-19(16)22/h3-11,13,24H,12H2,1-2H3,(H,25,26). The predicted octanol–water partition coefficient (Wildman–Crippen LogP) is 5.22. The third-order valence-electron chi connectivity index (χ3n) is 4.08. The molecule has 1 amide bonds. The largest absolute Gasteiger partial charge is 0.380 e. The lowest BCUT2D eigenvalue weighted by Gasteiger charge is -2.11. The van der Waals surface area contributed by atoms with Crippen molar-refractivity contribution in [2.75, 3.05) is 10.6 Å². The van der Waals surface area contributed by atoms with E-state index < -0.39 is 0 Å². The van der Waals surface area contributed by atoms with Gasteiger partial charge in [-0.25, -0.2) is 0 Å². The molecular formula is C21H20ClN3O. The molecule has 0 unspecified atom stereocenters. The van der Waals surface area contributed by atoms with Crippen LogP contribution in [-0.2, 0) is 6.54 Å². The van der Waals surface area contributed by atoms with Crippen LogP contribution >= 0.6 is 11.6 Å². The van der Waals surface area contributed by atoms with Crippen LogP contribution in [0.2, 0.25) is 5.02 Å². The molecule has 4 nitrogen and oxygen atoms in total. The average molecular weight is 366 g/mol. The number of carbonyl (C=O) groups excluding carboxylic acids is 1. The highest BCUT2D eigenvalue weighted by Gasteiger charge is 2.09. The number of aromatic nitrogens is 1. The number of hydrogen-bond donors (Lipinski definition) is 2. The second-order valence-electron chi connectivity index (χ2n) is 6.18. The van der Waals surface area contributed by atoms with Gasteiger partial charge in [-0.3, -0.25) is 9.78 Å². The first-order chi connectivity index (χ1) is 12.5. The molecule has 2 aromatic carbocycles. The van der Waals surface area contributed by atoms with Gasteiger partial charge in [0.25, 0.3) is 5.91 Å². The number of pyridine rings is 1. The summed E-state index contributed by atoms with van der Waals surface area (Å²) in [5.41, 5.74) is 5.17. The van der Waals surface area contributed by atoms with Gasteiger partial charge in [-0.2, -0.15) is 0 Å². The molecule has 0 atom stereocenters. The zero-order valence-electron chi connectivity index (χ0n) is 14.7. The molecule has 0 saturated carbocycles. The first-order valence-electron chi connectivity index (χ1n) is 8.34. The van der Waals surface area contributed by atoms with Gasteiger partial charge in [0.2, 0.25) is 0 Å². The van der Waals surface area contributed by atoms with Crippen molar-refractivity contribution in [1.82, 2.24) is 4.98 Å². The number of nitrogens with zero attached hydrogens (tertiary/aromatic N) is 1. The Bertz CT molecular complexity index is 940. The van der Waals surface area contributed by atoms with E-state index in [1.807, 2.05) is 56.3 Å². The van der Waals surface area contributed by atoms with Gasteiger partial charge in [0.15, 0.2) is 0 Å². The lowest BCUT2D eigenvalue weighted by atomic mass is 10.1. The van der Waals surface area contributed by atoms with Crippen LogP contribution in [0.5, 0.6) is 0 Å². The minimum absolute atomic E-state index is 0.187. The average Bonchev–Trinajstić information content (AvgIpc) is 2.64. The summed E-state index contributed by atoms with van der Waals surface area (Å²) < 4.78 is 0. The van der Waals surface area contributed by atoms with Crippen LogP contribution in [0.4, 0.5) is 11.4 Å². The van der Waals surface area contributed by atoms with Gasteiger partial charge in [-0.1, -0.05) is 41.9 Å². The number of amides is 1. The fourth-order valence-corrected chi connectivity index (χ4v) is 2.77. The number of aryl methyl sites for hydroxylation is 2. The zero-order chi connectivity index (χ0) is 18.5. The van der Waals surface area contributed by atoms with E-state index in [1.54, 1.807) is 18.5 Å². The molecule has 0 aliphatic heterocycles. The zero-order valence-corrected chi connectivity index (χ0v) is 15.5. The molecule has 0 aliphatic carbocycles. The molecular weight excluding hydrogens is 346 g/mol. The number of rotatable bonds is 5. The molecule has 0 fully saturated rings. The van der Waals surface area contributed by atoms with Crippen molar-refractivity contribution >= 4 is 28.9 Å². The highest BCUT2D eigenvalue weighted by Crippen LogP contribution is 2.19. The van der Waals surface area contributed by atoms with Gasteiger partial charge < -0.3 is 10.6 Å². The molecule has 0 saturated heterocycles. The molecule has 132 valence electrons. The topological polar surface area (TPSA) is 54.0 Å². The van der Waals surface area contributed by atoms with Crippen LogP contribution in [-0.4, -0.2) is 10.9 Å². The maximum Gasteiger partial charge on any atom is 0.257 e. The van der Waals surface area contributed by atoms with Crippen molar-refractivity contribution in [3.8, 4) is 0 Å². The number of anilines is 2. The van der Waals surface area contributed by atoms with Crippen molar-refractivity contribution < 1.29 is 4.79 Å². The molecule has 3 aromatic rings. The van der Waals surface area contributed by atoms with E-state index in [0.29, 0.717) is 17.1 Å². The van der Waals surface area contributed by atoms with Crippen molar-refractivity contribution in [3.05, 3.63) is 88.2 Å². The number of halogens is 1. The second kappa shape index (κ2) is 8.02. The Morgan fingerprint density at radius 1 is 1.08 bits per heavy atom. The summed E-state index contributed by atoms with van der Waals surface area (Å²) >= 11 is 6.17. The molecule has 3 rings (SSSR count). The quantitative estimate of drug-likeness (QED) is 0.652. The van der Waals surface area contributed by atoms with Gasteiger partial charge >= 0.3 is 0 Å². The molecule has 0 spiro atoms. The highest BCUT2D eigenvalue weighted by atomic mass is 35.5.